The van der Waals surface area contributed by atoms with Crippen molar-refractivity contribution < 1.29 is 5.11 Å². The van der Waals surface area contributed by atoms with Crippen molar-refractivity contribution in [3.63, 3.8) is 0 Å². The first kappa shape index (κ1) is 12.4. The number of rotatable bonds is 2. The molecule has 1 aliphatic rings. The number of benzene rings is 1. The lowest BCUT2D eigenvalue weighted by molar-refractivity contribution is 0.475. The summed E-state index contributed by atoms with van der Waals surface area (Å²) in [4.78, 5) is 8.47. The molecule has 106 valence electrons. The van der Waals surface area contributed by atoms with Crippen LogP contribution >= 0.6 is 0 Å². The summed E-state index contributed by atoms with van der Waals surface area (Å²) in [5, 5.41) is 9.46. The van der Waals surface area contributed by atoms with Crippen LogP contribution in [0.2, 0.25) is 0 Å². The quantitative estimate of drug-likeness (QED) is 0.711. The number of hydrogen-bond donors (Lipinski definition) is 2. The molecule has 0 atom stereocenters. The number of nitrogens with two attached hydrogens (primary N) is 1. The molecular formula is C17H12N4O. The fourth-order valence-electron chi connectivity index (χ4n) is 2.59. The number of hydrogen-bond acceptors (Lipinski definition) is 4. The zero-order valence-electron chi connectivity index (χ0n) is 11.6. The van der Waals surface area contributed by atoms with Crippen LogP contribution in [0.15, 0.2) is 60.7 Å². The Morgan fingerprint density at radius 1 is 1.14 bits per heavy atom. The van der Waals surface area contributed by atoms with E-state index in [9.17, 15) is 5.11 Å². The van der Waals surface area contributed by atoms with Crippen molar-refractivity contribution in [2.24, 2.45) is 0 Å². The first-order chi connectivity index (χ1) is 10.7. The highest BCUT2D eigenvalue weighted by molar-refractivity contribution is 5.98. The molecule has 0 aliphatic heterocycles. The maximum Gasteiger partial charge on any atom is 0.151 e. The second-order valence-electron chi connectivity index (χ2n) is 4.97. The van der Waals surface area contributed by atoms with Crippen molar-refractivity contribution in [1.82, 2.24) is 14.5 Å². The Morgan fingerprint density at radius 3 is 2.68 bits per heavy atom. The number of fused-ring (bicyclic) bond motifs is 1. The summed E-state index contributed by atoms with van der Waals surface area (Å²) >= 11 is 0. The molecule has 2 heterocycles. The van der Waals surface area contributed by atoms with Gasteiger partial charge >= 0.3 is 0 Å². The van der Waals surface area contributed by atoms with E-state index in [1.54, 1.807) is 12.1 Å². The van der Waals surface area contributed by atoms with E-state index in [0.29, 0.717) is 5.82 Å². The monoisotopic (exact) mass is 288 g/mol. The molecule has 0 saturated carbocycles. The highest BCUT2D eigenvalue weighted by atomic mass is 16.3. The maximum atomic E-state index is 9.46. The van der Waals surface area contributed by atoms with Gasteiger partial charge in [0.1, 0.15) is 23.1 Å². The van der Waals surface area contributed by atoms with Crippen LogP contribution in [-0.4, -0.2) is 19.6 Å². The molecule has 2 aromatic heterocycles. The number of nitrogen functional groups attached to an aromatic ring is 1. The van der Waals surface area contributed by atoms with Gasteiger partial charge in [0, 0.05) is 23.0 Å². The molecule has 4 rings (SSSR count). The summed E-state index contributed by atoms with van der Waals surface area (Å²) in [6.45, 7) is 0. The number of phenolic OH excluding ortho intramolecular Hbond substituents is 1. The summed E-state index contributed by atoms with van der Waals surface area (Å²) in [6.07, 6.45) is 9.21. The van der Waals surface area contributed by atoms with Gasteiger partial charge in [-0.25, -0.2) is 9.97 Å². The zero-order chi connectivity index (χ0) is 15.1. The fourth-order valence-corrected chi connectivity index (χ4v) is 2.59. The minimum atomic E-state index is 0.217. The van der Waals surface area contributed by atoms with Gasteiger partial charge in [-0.1, -0.05) is 6.08 Å². The SMILES string of the molecule is Nc1ncnc2c(C3=C=CC=C3)cn(-c3ccc(O)cc3)c12. The first-order valence-electron chi connectivity index (χ1n) is 6.79. The van der Waals surface area contributed by atoms with E-state index < -0.39 is 0 Å². The molecule has 1 aliphatic carbocycles. The minimum absolute atomic E-state index is 0.217. The van der Waals surface area contributed by atoms with Crippen molar-refractivity contribution >= 4 is 22.4 Å². The maximum absolute atomic E-state index is 9.46. The summed E-state index contributed by atoms with van der Waals surface area (Å²) in [7, 11) is 0. The Bertz CT molecular complexity index is 974. The average Bonchev–Trinajstić information content (AvgIpc) is 3.15. The lowest BCUT2D eigenvalue weighted by Crippen LogP contribution is -1.98. The third-order valence-corrected chi connectivity index (χ3v) is 3.62. The van der Waals surface area contributed by atoms with Gasteiger partial charge in [-0.2, -0.15) is 0 Å². The van der Waals surface area contributed by atoms with Crippen molar-refractivity contribution in [1.29, 1.82) is 0 Å². The van der Waals surface area contributed by atoms with Gasteiger partial charge < -0.3 is 15.4 Å². The molecule has 0 spiro atoms. The Morgan fingerprint density at radius 2 is 1.95 bits per heavy atom. The average molecular weight is 288 g/mol. The Kier molecular flexibility index (Phi) is 2.61. The van der Waals surface area contributed by atoms with E-state index in [4.69, 9.17) is 5.73 Å². The van der Waals surface area contributed by atoms with Gasteiger partial charge in [0.2, 0.25) is 0 Å². The van der Waals surface area contributed by atoms with Crippen molar-refractivity contribution in [2.75, 3.05) is 5.73 Å². The lowest BCUT2D eigenvalue weighted by Gasteiger charge is -2.06. The van der Waals surface area contributed by atoms with Crippen LogP contribution in [0.5, 0.6) is 5.75 Å². The van der Waals surface area contributed by atoms with Crippen LogP contribution in [0, 0.1) is 0 Å². The van der Waals surface area contributed by atoms with E-state index in [2.05, 4.69) is 15.7 Å². The number of phenols is 1. The number of nitrogens with zero attached hydrogens (tertiary/aromatic N) is 3. The summed E-state index contributed by atoms with van der Waals surface area (Å²) in [5.41, 5.74) is 13.6. The van der Waals surface area contributed by atoms with E-state index in [1.807, 2.05) is 41.1 Å². The molecule has 3 aromatic rings. The highest BCUT2D eigenvalue weighted by Crippen LogP contribution is 2.32. The zero-order valence-corrected chi connectivity index (χ0v) is 11.6. The molecule has 22 heavy (non-hydrogen) atoms. The molecule has 5 heteroatoms. The van der Waals surface area contributed by atoms with Gasteiger partial charge in [-0.05, 0) is 36.4 Å². The van der Waals surface area contributed by atoms with Crippen LogP contribution < -0.4 is 5.73 Å². The Balaban J connectivity index is 2.04. The smallest absolute Gasteiger partial charge is 0.151 e. The Hall–Kier alpha value is -3.30. The van der Waals surface area contributed by atoms with Gasteiger partial charge in [0.15, 0.2) is 5.82 Å². The van der Waals surface area contributed by atoms with Crippen LogP contribution in [-0.2, 0) is 0 Å². The predicted molar refractivity (Wildman–Crippen MR) is 85.6 cm³/mol. The first-order valence-corrected chi connectivity index (χ1v) is 6.79. The standard InChI is InChI=1S/C17H12N4O/c18-17-16-15(19-10-20-17)14(11-3-1-2-4-11)9-21(16)12-5-7-13(22)8-6-12/h1-3,5-10,22H,(H2,18,19,20). The van der Waals surface area contributed by atoms with Crippen LogP contribution in [0.3, 0.4) is 0 Å². The van der Waals surface area contributed by atoms with Gasteiger partial charge in [-0.15, -0.1) is 5.73 Å². The van der Waals surface area contributed by atoms with E-state index >= 15 is 0 Å². The fraction of sp³-hybridized carbons (Fsp3) is 0. The number of aromatic hydroxyl groups is 1. The van der Waals surface area contributed by atoms with Crippen LogP contribution in [0.4, 0.5) is 5.82 Å². The summed E-state index contributed by atoms with van der Waals surface area (Å²) in [6, 6.07) is 6.91. The topological polar surface area (TPSA) is 77.0 Å². The Labute approximate surface area is 126 Å². The van der Waals surface area contributed by atoms with Crippen LogP contribution in [0.25, 0.3) is 22.3 Å². The summed E-state index contributed by atoms with van der Waals surface area (Å²) < 4.78 is 1.93. The second-order valence-corrected chi connectivity index (χ2v) is 4.97. The third-order valence-electron chi connectivity index (χ3n) is 3.62. The summed E-state index contributed by atoms with van der Waals surface area (Å²) in [5.74, 6) is 0.630. The molecule has 0 saturated heterocycles. The molecule has 0 unspecified atom stereocenters. The van der Waals surface area contributed by atoms with E-state index in [0.717, 1.165) is 27.9 Å². The second kappa shape index (κ2) is 4.62. The molecule has 0 bridgehead atoms. The third kappa shape index (κ3) is 1.81. The molecule has 5 nitrogen and oxygen atoms in total. The van der Waals surface area contributed by atoms with Crippen molar-refractivity contribution in [3.8, 4) is 11.4 Å². The van der Waals surface area contributed by atoms with Gasteiger partial charge in [0.25, 0.3) is 0 Å². The van der Waals surface area contributed by atoms with Gasteiger partial charge in [0.05, 0.1) is 0 Å². The van der Waals surface area contributed by atoms with E-state index in [1.165, 1.54) is 6.33 Å². The molecular weight excluding hydrogens is 276 g/mol. The molecule has 0 amide bonds. The molecule has 0 radical (unpaired) electrons. The lowest BCUT2D eigenvalue weighted by atomic mass is 10.1. The van der Waals surface area contributed by atoms with E-state index in [-0.39, 0.29) is 5.75 Å². The molecule has 3 N–H and O–H groups in total. The predicted octanol–water partition coefficient (Wildman–Crippen LogP) is 2.82. The number of allylic oxidation sites excluding steroid dienone is 3. The van der Waals surface area contributed by atoms with Crippen molar-refractivity contribution in [2.45, 2.75) is 0 Å². The molecule has 0 fully saturated rings. The number of anilines is 1. The number of aromatic nitrogens is 3. The largest absolute Gasteiger partial charge is 0.508 e. The highest BCUT2D eigenvalue weighted by Gasteiger charge is 2.16. The molecule has 1 aromatic carbocycles. The minimum Gasteiger partial charge on any atom is -0.508 e. The van der Waals surface area contributed by atoms with Crippen molar-refractivity contribution in [3.05, 3.63) is 66.3 Å². The van der Waals surface area contributed by atoms with Gasteiger partial charge in [-0.3, -0.25) is 0 Å². The normalized spacial score (nSPS) is 13.0. The van der Waals surface area contributed by atoms with Crippen LogP contribution in [0.1, 0.15) is 5.56 Å².